The highest BCUT2D eigenvalue weighted by Crippen LogP contribution is 2.32. The van der Waals surface area contributed by atoms with Gasteiger partial charge in [-0.1, -0.05) is 12.1 Å². The van der Waals surface area contributed by atoms with Gasteiger partial charge in [0.05, 0.1) is 7.11 Å². The maximum atomic E-state index is 12.3. The number of carbonyl (C=O) groups excluding carboxylic acids is 1. The fraction of sp³-hybridized carbons (Fsp3) is 0.381. The van der Waals surface area contributed by atoms with Crippen LogP contribution in [-0.4, -0.2) is 25.3 Å². The number of hydrogen-bond donors (Lipinski definition) is 2. The molecule has 1 aliphatic rings. The fourth-order valence-electron chi connectivity index (χ4n) is 3.12. The molecule has 1 heterocycles. The molecular formula is C21H26N2O3. The quantitative estimate of drug-likeness (QED) is 0.860. The molecule has 0 saturated heterocycles. The predicted octanol–water partition coefficient (Wildman–Crippen LogP) is 4.35. The molecule has 0 aliphatic carbocycles. The zero-order valence-electron chi connectivity index (χ0n) is 15.8. The number of hydrogen-bond acceptors (Lipinski definition) is 4. The Bertz CT molecular complexity index is 809. The smallest absolute Gasteiger partial charge is 0.412 e. The molecule has 0 radical (unpaired) electrons. The van der Waals surface area contributed by atoms with Gasteiger partial charge in [-0.25, -0.2) is 4.79 Å². The molecule has 1 amide bonds. The third-order valence-electron chi connectivity index (χ3n) is 4.25. The van der Waals surface area contributed by atoms with E-state index in [-0.39, 0.29) is 0 Å². The molecular weight excluding hydrogens is 328 g/mol. The summed E-state index contributed by atoms with van der Waals surface area (Å²) >= 11 is 0. The topological polar surface area (TPSA) is 59.6 Å². The molecule has 0 unspecified atom stereocenters. The number of nitrogens with one attached hydrogen (secondary N) is 2. The third-order valence-corrected chi connectivity index (χ3v) is 4.25. The molecule has 138 valence electrons. The lowest BCUT2D eigenvalue weighted by Crippen LogP contribution is -2.29. The summed E-state index contributed by atoms with van der Waals surface area (Å²) in [5, 5.41) is 6.34. The second-order valence-electron chi connectivity index (χ2n) is 7.45. The van der Waals surface area contributed by atoms with E-state index >= 15 is 0 Å². The SMILES string of the molecule is COc1cccc(-c2cc3c(c(NC(=O)OC(C)(C)C)c2)CCNC3)c1. The van der Waals surface area contributed by atoms with Crippen molar-refractivity contribution in [2.24, 2.45) is 0 Å². The van der Waals surface area contributed by atoms with Crippen LogP contribution in [0.5, 0.6) is 5.75 Å². The van der Waals surface area contributed by atoms with Crippen LogP contribution in [0.2, 0.25) is 0 Å². The summed E-state index contributed by atoms with van der Waals surface area (Å²) in [4.78, 5) is 12.3. The van der Waals surface area contributed by atoms with E-state index in [0.29, 0.717) is 0 Å². The highest BCUT2D eigenvalue weighted by atomic mass is 16.6. The van der Waals surface area contributed by atoms with Crippen molar-refractivity contribution in [3.63, 3.8) is 0 Å². The maximum Gasteiger partial charge on any atom is 0.412 e. The number of amides is 1. The average molecular weight is 354 g/mol. The molecule has 0 bridgehead atoms. The molecule has 0 spiro atoms. The molecule has 2 aromatic carbocycles. The highest BCUT2D eigenvalue weighted by Gasteiger charge is 2.20. The largest absolute Gasteiger partial charge is 0.497 e. The summed E-state index contributed by atoms with van der Waals surface area (Å²) in [6, 6.07) is 12.1. The van der Waals surface area contributed by atoms with E-state index in [2.05, 4.69) is 16.7 Å². The van der Waals surface area contributed by atoms with Gasteiger partial charge in [0.25, 0.3) is 0 Å². The minimum atomic E-state index is -0.532. The Hall–Kier alpha value is -2.53. The second kappa shape index (κ2) is 7.38. The molecule has 1 aliphatic heterocycles. The summed E-state index contributed by atoms with van der Waals surface area (Å²) in [5.74, 6) is 0.806. The first-order chi connectivity index (χ1) is 12.4. The normalized spacial score (nSPS) is 13.7. The number of anilines is 1. The Morgan fingerprint density at radius 1 is 1.15 bits per heavy atom. The summed E-state index contributed by atoms with van der Waals surface area (Å²) < 4.78 is 10.8. The van der Waals surface area contributed by atoms with Crippen molar-refractivity contribution in [1.82, 2.24) is 5.32 Å². The summed E-state index contributed by atoms with van der Waals surface area (Å²) in [6.45, 7) is 7.26. The van der Waals surface area contributed by atoms with Crippen LogP contribution in [-0.2, 0) is 17.7 Å². The summed E-state index contributed by atoms with van der Waals surface area (Å²) in [5.41, 5.74) is 4.73. The van der Waals surface area contributed by atoms with E-state index in [4.69, 9.17) is 9.47 Å². The Labute approximate surface area is 154 Å². The molecule has 0 saturated carbocycles. The van der Waals surface area contributed by atoms with Gasteiger partial charge in [-0.05, 0) is 80.3 Å². The van der Waals surface area contributed by atoms with E-state index in [1.54, 1.807) is 7.11 Å². The van der Waals surface area contributed by atoms with Crippen molar-refractivity contribution >= 4 is 11.8 Å². The van der Waals surface area contributed by atoms with Gasteiger partial charge in [0.1, 0.15) is 11.4 Å². The van der Waals surface area contributed by atoms with Crippen molar-refractivity contribution in [2.45, 2.75) is 39.3 Å². The molecule has 26 heavy (non-hydrogen) atoms. The maximum absolute atomic E-state index is 12.3. The first-order valence-electron chi connectivity index (χ1n) is 8.87. The van der Waals surface area contributed by atoms with E-state index < -0.39 is 11.7 Å². The Morgan fingerprint density at radius 2 is 1.96 bits per heavy atom. The van der Waals surface area contributed by atoms with E-state index in [1.165, 1.54) is 11.1 Å². The van der Waals surface area contributed by atoms with Crippen LogP contribution < -0.4 is 15.4 Å². The highest BCUT2D eigenvalue weighted by molar-refractivity contribution is 5.88. The first-order valence-corrected chi connectivity index (χ1v) is 8.87. The van der Waals surface area contributed by atoms with Crippen molar-refractivity contribution in [3.05, 3.63) is 47.5 Å². The van der Waals surface area contributed by atoms with E-state index in [0.717, 1.165) is 42.1 Å². The molecule has 2 aromatic rings. The predicted molar refractivity (Wildman–Crippen MR) is 104 cm³/mol. The van der Waals surface area contributed by atoms with Gasteiger partial charge in [0.2, 0.25) is 0 Å². The molecule has 5 heteroatoms. The number of ether oxygens (including phenoxy) is 2. The van der Waals surface area contributed by atoms with Crippen LogP contribution >= 0.6 is 0 Å². The van der Waals surface area contributed by atoms with Gasteiger partial charge < -0.3 is 14.8 Å². The van der Waals surface area contributed by atoms with E-state index in [9.17, 15) is 4.79 Å². The minimum Gasteiger partial charge on any atom is -0.497 e. The molecule has 0 atom stereocenters. The lowest BCUT2D eigenvalue weighted by Gasteiger charge is -2.24. The number of methoxy groups -OCH3 is 1. The van der Waals surface area contributed by atoms with Crippen molar-refractivity contribution in [1.29, 1.82) is 0 Å². The zero-order valence-corrected chi connectivity index (χ0v) is 15.8. The van der Waals surface area contributed by atoms with Gasteiger partial charge in [-0.15, -0.1) is 0 Å². The number of fused-ring (bicyclic) bond motifs is 1. The standard InChI is InChI=1S/C21H26N2O3/c1-21(2,3)26-20(24)23-19-12-15(10-16-13-22-9-8-18(16)19)14-6-5-7-17(11-14)25-4/h5-7,10-12,22H,8-9,13H2,1-4H3,(H,23,24). The van der Waals surface area contributed by atoms with Crippen LogP contribution in [0.1, 0.15) is 31.9 Å². The average Bonchev–Trinajstić information content (AvgIpc) is 2.60. The van der Waals surface area contributed by atoms with Crippen molar-refractivity contribution in [2.75, 3.05) is 19.0 Å². The molecule has 3 rings (SSSR count). The monoisotopic (exact) mass is 354 g/mol. The Kier molecular flexibility index (Phi) is 5.18. The first kappa shape index (κ1) is 18.3. The lowest BCUT2D eigenvalue weighted by atomic mass is 9.93. The summed E-state index contributed by atoms with van der Waals surface area (Å²) in [7, 11) is 1.66. The number of benzene rings is 2. The Morgan fingerprint density at radius 3 is 2.69 bits per heavy atom. The fourth-order valence-corrected chi connectivity index (χ4v) is 3.12. The lowest BCUT2D eigenvalue weighted by molar-refractivity contribution is 0.0636. The second-order valence-corrected chi connectivity index (χ2v) is 7.45. The van der Waals surface area contributed by atoms with Crippen LogP contribution in [0.4, 0.5) is 10.5 Å². The Balaban J connectivity index is 1.98. The van der Waals surface area contributed by atoms with Gasteiger partial charge in [0, 0.05) is 12.2 Å². The van der Waals surface area contributed by atoms with Crippen molar-refractivity contribution in [3.8, 4) is 16.9 Å². The van der Waals surface area contributed by atoms with Crippen LogP contribution in [0, 0.1) is 0 Å². The van der Waals surface area contributed by atoms with Crippen LogP contribution in [0.15, 0.2) is 36.4 Å². The molecule has 0 aromatic heterocycles. The molecule has 5 nitrogen and oxygen atoms in total. The number of carbonyl (C=O) groups is 1. The third kappa shape index (κ3) is 4.35. The van der Waals surface area contributed by atoms with Crippen LogP contribution in [0.3, 0.4) is 0 Å². The van der Waals surface area contributed by atoms with Gasteiger partial charge in [-0.3, -0.25) is 5.32 Å². The van der Waals surface area contributed by atoms with Crippen LogP contribution in [0.25, 0.3) is 11.1 Å². The molecule has 2 N–H and O–H groups in total. The number of rotatable bonds is 3. The minimum absolute atomic E-state index is 0.430. The van der Waals surface area contributed by atoms with Gasteiger partial charge >= 0.3 is 6.09 Å². The van der Waals surface area contributed by atoms with Crippen molar-refractivity contribution < 1.29 is 14.3 Å². The summed E-state index contributed by atoms with van der Waals surface area (Å²) in [6.07, 6.45) is 0.444. The zero-order chi connectivity index (χ0) is 18.7. The van der Waals surface area contributed by atoms with E-state index in [1.807, 2.05) is 51.1 Å². The molecule has 0 fully saturated rings. The van der Waals surface area contributed by atoms with Gasteiger partial charge in [0.15, 0.2) is 0 Å². The van der Waals surface area contributed by atoms with Gasteiger partial charge in [-0.2, -0.15) is 0 Å².